The van der Waals surface area contributed by atoms with Crippen LogP contribution in [0.1, 0.15) is 5.56 Å². The highest BCUT2D eigenvalue weighted by atomic mass is 19.1. The van der Waals surface area contributed by atoms with Gasteiger partial charge in [-0.1, -0.05) is 0 Å². The van der Waals surface area contributed by atoms with Crippen molar-refractivity contribution >= 4 is 28.6 Å². The molecule has 0 spiro atoms. The number of carbonyl (C=O) groups is 1. The van der Waals surface area contributed by atoms with Gasteiger partial charge in [0.05, 0.1) is 19.6 Å². The van der Waals surface area contributed by atoms with Gasteiger partial charge in [0.1, 0.15) is 23.0 Å². The van der Waals surface area contributed by atoms with Gasteiger partial charge in [-0.05, 0) is 60.2 Å². The summed E-state index contributed by atoms with van der Waals surface area (Å²) >= 11 is 0. The Morgan fingerprint density at radius 1 is 0.969 bits per heavy atom. The maximum absolute atomic E-state index is 13.6. The highest BCUT2D eigenvalue weighted by Gasteiger charge is 2.22. The highest BCUT2D eigenvalue weighted by Crippen LogP contribution is 2.32. The Kier molecular flexibility index (Phi) is 4.39. The third-order valence-electron chi connectivity index (χ3n) is 5.90. The molecule has 0 aliphatic carbocycles. The van der Waals surface area contributed by atoms with Gasteiger partial charge in [-0.3, -0.25) is 9.36 Å². The highest BCUT2D eigenvalue weighted by molar-refractivity contribution is 5.99. The van der Waals surface area contributed by atoms with E-state index in [-0.39, 0.29) is 11.7 Å². The van der Waals surface area contributed by atoms with Gasteiger partial charge in [0.25, 0.3) is 0 Å². The minimum absolute atomic E-state index is 0.0147. The van der Waals surface area contributed by atoms with Crippen molar-refractivity contribution in [1.29, 1.82) is 0 Å². The number of benzene rings is 2. The predicted molar refractivity (Wildman–Crippen MR) is 120 cm³/mol. The third-order valence-corrected chi connectivity index (χ3v) is 5.90. The molecule has 7 nitrogen and oxygen atoms in total. The number of ether oxygens (including phenoxy) is 1. The number of pyridine rings is 1. The minimum Gasteiger partial charge on any atom is -0.378 e. The lowest BCUT2D eigenvalue weighted by atomic mass is 10.1. The first kappa shape index (κ1) is 18.9. The van der Waals surface area contributed by atoms with Crippen LogP contribution < -0.4 is 10.2 Å². The Bertz CT molecular complexity index is 1340. The molecule has 4 heterocycles. The average Bonchev–Trinajstić information content (AvgIpc) is 3.38. The molecule has 32 heavy (non-hydrogen) atoms. The second-order valence-electron chi connectivity index (χ2n) is 7.96. The number of nitrogens with zero attached hydrogens (tertiary/aromatic N) is 4. The molecular formula is C24H20FN5O2. The molecule has 2 aromatic heterocycles. The van der Waals surface area contributed by atoms with Crippen molar-refractivity contribution < 1.29 is 13.9 Å². The number of halogens is 1. The molecule has 0 radical (unpaired) electrons. The van der Waals surface area contributed by atoms with Crippen molar-refractivity contribution in [3.8, 4) is 17.1 Å². The summed E-state index contributed by atoms with van der Waals surface area (Å²) in [7, 11) is 0. The van der Waals surface area contributed by atoms with Crippen LogP contribution in [0.2, 0.25) is 0 Å². The van der Waals surface area contributed by atoms with Crippen LogP contribution in [-0.2, 0) is 16.0 Å². The van der Waals surface area contributed by atoms with Crippen molar-refractivity contribution in [3.63, 3.8) is 0 Å². The topological polar surface area (TPSA) is 72.3 Å². The molecule has 1 N–H and O–H groups in total. The molecule has 1 amide bonds. The molecule has 0 bridgehead atoms. The van der Waals surface area contributed by atoms with Gasteiger partial charge in [-0.15, -0.1) is 0 Å². The second kappa shape index (κ2) is 7.42. The third kappa shape index (κ3) is 3.20. The van der Waals surface area contributed by atoms with E-state index in [9.17, 15) is 9.18 Å². The van der Waals surface area contributed by atoms with E-state index in [1.165, 1.54) is 12.1 Å². The van der Waals surface area contributed by atoms with E-state index in [1.807, 2.05) is 34.9 Å². The Hall–Kier alpha value is -3.78. The maximum Gasteiger partial charge on any atom is 0.228 e. The summed E-state index contributed by atoms with van der Waals surface area (Å²) in [5.41, 5.74) is 4.86. The van der Waals surface area contributed by atoms with E-state index in [0.29, 0.717) is 31.1 Å². The zero-order chi connectivity index (χ0) is 21.7. The lowest BCUT2D eigenvalue weighted by Crippen LogP contribution is -2.36. The van der Waals surface area contributed by atoms with Crippen molar-refractivity contribution in [2.75, 3.05) is 36.5 Å². The smallest absolute Gasteiger partial charge is 0.228 e. The van der Waals surface area contributed by atoms with E-state index in [2.05, 4.69) is 10.2 Å². The summed E-state index contributed by atoms with van der Waals surface area (Å²) in [6.07, 6.45) is 0.341. The number of hydrogen-bond acceptors (Lipinski definition) is 5. The van der Waals surface area contributed by atoms with Crippen molar-refractivity contribution in [3.05, 3.63) is 66.0 Å². The van der Waals surface area contributed by atoms with Crippen molar-refractivity contribution in [2.24, 2.45) is 0 Å². The fraction of sp³-hybridized carbons (Fsp3) is 0.208. The van der Waals surface area contributed by atoms with E-state index in [4.69, 9.17) is 14.7 Å². The van der Waals surface area contributed by atoms with Crippen LogP contribution in [0.15, 0.2) is 54.6 Å². The first-order chi connectivity index (χ1) is 15.7. The number of aromatic nitrogens is 3. The van der Waals surface area contributed by atoms with Gasteiger partial charge in [0.2, 0.25) is 5.91 Å². The number of morpholine rings is 1. The molecule has 6 rings (SSSR count). The molecule has 0 atom stereocenters. The fourth-order valence-corrected chi connectivity index (χ4v) is 4.31. The molecule has 1 fully saturated rings. The molecular weight excluding hydrogens is 409 g/mol. The minimum atomic E-state index is -0.300. The van der Waals surface area contributed by atoms with Gasteiger partial charge in [-0.25, -0.2) is 14.4 Å². The maximum atomic E-state index is 13.6. The van der Waals surface area contributed by atoms with Crippen molar-refractivity contribution in [1.82, 2.24) is 14.5 Å². The first-order valence-electron chi connectivity index (χ1n) is 10.6. The van der Waals surface area contributed by atoms with Crippen LogP contribution >= 0.6 is 0 Å². The zero-order valence-corrected chi connectivity index (χ0v) is 17.2. The Morgan fingerprint density at radius 2 is 1.78 bits per heavy atom. The van der Waals surface area contributed by atoms with Crippen LogP contribution in [0.25, 0.3) is 28.2 Å². The molecule has 0 unspecified atom stereocenters. The van der Waals surface area contributed by atoms with Crippen molar-refractivity contribution in [2.45, 2.75) is 6.42 Å². The van der Waals surface area contributed by atoms with Gasteiger partial charge < -0.3 is 15.0 Å². The van der Waals surface area contributed by atoms with E-state index < -0.39 is 0 Å². The van der Waals surface area contributed by atoms with Gasteiger partial charge in [0, 0.05) is 30.0 Å². The average molecular weight is 429 g/mol. The van der Waals surface area contributed by atoms with E-state index >= 15 is 0 Å². The largest absolute Gasteiger partial charge is 0.378 e. The second-order valence-corrected chi connectivity index (χ2v) is 7.96. The normalized spacial score (nSPS) is 15.8. The number of nitrogens with one attached hydrogen (secondary N) is 1. The number of carbonyl (C=O) groups excluding carboxylic acids is 1. The Morgan fingerprint density at radius 3 is 2.59 bits per heavy atom. The first-order valence-corrected chi connectivity index (χ1v) is 10.6. The van der Waals surface area contributed by atoms with Crippen LogP contribution in [0, 0.1) is 5.82 Å². The van der Waals surface area contributed by atoms with Crippen LogP contribution in [0.4, 0.5) is 15.9 Å². The van der Waals surface area contributed by atoms with Crippen LogP contribution in [0.3, 0.4) is 0 Å². The number of fused-ring (bicyclic) bond motifs is 2. The lowest BCUT2D eigenvalue weighted by Gasteiger charge is -2.27. The molecule has 8 heteroatoms. The number of hydrogen-bond donors (Lipinski definition) is 1. The number of amides is 1. The number of anilines is 2. The molecule has 160 valence electrons. The summed E-state index contributed by atoms with van der Waals surface area (Å²) < 4.78 is 21.0. The van der Waals surface area contributed by atoms with Gasteiger partial charge in [0.15, 0.2) is 5.65 Å². The number of imidazole rings is 1. The Balaban J connectivity index is 1.55. The standard InChI is InChI=1S/C24H20FN5O2/c25-17-3-1-15(2-4-17)23-27-20-7-8-21(29-9-11-32-12-10-29)28-24(20)30(23)18-5-6-19-16(13-18)14-22(31)26-19/h1-8,13H,9-12,14H2,(H,26,31). The quantitative estimate of drug-likeness (QED) is 0.539. The predicted octanol–water partition coefficient (Wildman–Crippen LogP) is 3.56. The summed E-state index contributed by atoms with van der Waals surface area (Å²) in [5.74, 6) is 1.22. The van der Waals surface area contributed by atoms with Crippen LogP contribution in [-0.4, -0.2) is 46.7 Å². The van der Waals surface area contributed by atoms with E-state index in [1.54, 1.807) is 12.1 Å². The monoisotopic (exact) mass is 429 g/mol. The summed E-state index contributed by atoms with van der Waals surface area (Å²) in [6, 6.07) is 16.1. The summed E-state index contributed by atoms with van der Waals surface area (Å²) in [4.78, 5) is 23.9. The van der Waals surface area contributed by atoms with Gasteiger partial charge in [-0.2, -0.15) is 0 Å². The molecule has 4 aromatic rings. The molecule has 2 aliphatic rings. The van der Waals surface area contributed by atoms with E-state index in [0.717, 1.165) is 46.9 Å². The molecule has 2 aromatic carbocycles. The lowest BCUT2D eigenvalue weighted by molar-refractivity contribution is -0.115. The SMILES string of the molecule is O=C1Cc2cc(-n3c(-c4ccc(F)cc4)nc4ccc(N5CCOCC5)nc43)ccc2N1. The fourth-order valence-electron chi connectivity index (χ4n) is 4.31. The summed E-state index contributed by atoms with van der Waals surface area (Å²) in [6.45, 7) is 2.91. The summed E-state index contributed by atoms with van der Waals surface area (Å²) in [5, 5.41) is 2.87. The zero-order valence-electron chi connectivity index (χ0n) is 17.2. The Labute approximate surface area is 183 Å². The molecule has 2 aliphatic heterocycles. The van der Waals surface area contributed by atoms with Gasteiger partial charge >= 0.3 is 0 Å². The number of rotatable bonds is 3. The van der Waals surface area contributed by atoms with Crippen LogP contribution in [0.5, 0.6) is 0 Å². The molecule has 0 saturated carbocycles. The molecule has 1 saturated heterocycles.